The molecule has 0 aromatic rings. The van der Waals surface area contributed by atoms with E-state index in [1.54, 1.807) is 0 Å². The molecule has 0 saturated carbocycles. The lowest BCUT2D eigenvalue weighted by Gasteiger charge is -2.15. The second kappa shape index (κ2) is 16.1. The highest BCUT2D eigenvalue weighted by atomic mass is 31.1. The average molecular weight is 362 g/mol. The SMILES string of the molecule is CCCCC(CC)COC(=O)CC[PH](=O)OCC(CC)CCCC. The number of unbranched alkanes of at least 4 members (excludes halogenated alkanes) is 2. The van der Waals surface area contributed by atoms with Crippen LogP contribution in [0.1, 0.15) is 85.5 Å². The molecule has 0 N–H and O–H groups in total. The van der Waals surface area contributed by atoms with Gasteiger partial charge in [-0.15, -0.1) is 0 Å². The molecular formula is C19H39O4P. The number of esters is 1. The summed E-state index contributed by atoms with van der Waals surface area (Å²) in [5.41, 5.74) is 0. The second-order valence-electron chi connectivity index (χ2n) is 6.70. The van der Waals surface area contributed by atoms with Gasteiger partial charge in [-0.1, -0.05) is 66.2 Å². The molecule has 0 fully saturated rings. The van der Waals surface area contributed by atoms with Crippen molar-refractivity contribution in [2.45, 2.75) is 85.5 Å². The van der Waals surface area contributed by atoms with E-state index < -0.39 is 8.03 Å². The summed E-state index contributed by atoms with van der Waals surface area (Å²) in [6.07, 6.45) is 9.52. The van der Waals surface area contributed by atoms with Crippen molar-refractivity contribution in [2.24, 2.45) is 11.8 Å². The summed E-state index contributed by atoms with van der Waals surface area (Å²) >= 11 is 0. The second-order valence-corrected chi connectivity index (χ2v) is 8.23. The number of carbonyl (C=O) groups is 1. The Hall–Kier alpha value is -0.340. The fourth-order valence-electron chi connectivity index (χ4n) is 2.57. The Morgan fingerprint density at radius 3 is 1.96 bits per heavy atom. The first-order valence-corrected chi connectivity index (χ1v) is 11.4. The maximum Gasteiger partial charge on any atom is 0.306 e. The third kappa shape index (κ3) is 13.0. The standard InChI is InChI=1S/C19H39O4P/c1-5-9-11-17(7-3)15-22-19(20)13-14-24(21)23-16-18(8-4)12-10-6-2/h17-18,24H,5-16H2,1-4H3. The summed E-state index contributed by atoms with van der Waals surface area (Å²) in [6, 6.07) is 0. The van der Waals surface area contributed by atoms with Crippen LogP contribution in [0.3, 0.4) is 0 Å². The first-order chi connectivity index (χ1) is 11.6. The van der Waals surface area contributed by atoms with Gasteiger partial charge >= 0.3 is 5.97 Å². The molecule has 0 rings (SSSR count). The monoisotopic (exact) mass is 362 g/mol. The lowest BCUT2D eigenvalue weighted by molar-refractivity contribution is -0.144. The molecule has 0 heterocycles. The molecule has 3 atom stereocenters. The first kappa shape index (κ1) is 23.7. The molecule has 24 heavy (non-hydrogen) atoms. The number of hydrogen-bond donors (Lipinski definition) is 0. The Balaban J connectivity index is 3.86. The summed E-state index contributed by atoms with van der Waals surface area (Å²) in [4.78, 5) is 11.8. The predicted octanol–water partition coefficient (Wildman–Crippen LogP) is 5.84. The van der Waals surface area contributed by atoms with Gasteiger partial charge in [0.15, 0.2) is 8.03 Å². The summed E-state index contributed by atoms with van der Waals surface area (Å²) < 4.78 is 22.7. The van der Waals surface area contributed by atoms with Crippen LogP contribution in [0, 0.1) is 11.8 Å². The van der Waals surface area contributed by atoms with Crippen LogP contribution < -0.4 is 0 Å². The van der Waals surface area contributed by atoms with Crippen LogP contribution >= 0.6 is 8.03 Å². The van der Waals surface area contributed by atoms with E-state index in [-0.39, 0.29) is 12.4 Å². The largest absolute Gasteiger partial charge is 0.465 e. The zero-order valence-electron chi connectivity index (χ0n) is 16.3. The zero-order chi connectivity index (χ0) is 18.2. The molecule has 0 aliphatic heterocycles. The maximum atomic E-state index is 11.9. The number of carbonyl (C=O) groups excluding carboxylic acids is 1. The van der Waals surface area contributed by atoms with Crippen molar-refractivity contribution < 1.29 is 18.6 Å². The highest BCUT2D eigenvalue weighted by Crippen LogP contribution is 2.26. The molecule has 0 spiro atoms. The van der Waals surface area contributed by atoms with E-state index in [4.69, 9.17) is 9.26 Å². The summed E-state index contributed by atoms with van der Waals surface area (Å²) in [5, 5.41) is 0. The fourth-order valence-corrected chi connectivity index (χ4v) is 3.54. The fraction of sp³-hybridized carbons (Fsp3) is 0.947. The van der Waals surface area contributed by atoms with Gasteiger partial charge < -0.3 is 9.26 Å². The van der Waals surface area contributed by atoms with Gasteiger partial charge in [0.1, 0.15) is 0 Å². The molecule has 0 bridgehead atoms. The summed E-state index contributed by atoms with van der Waals surface area (Å²) in [5.74, 6) is 0.686. The van der Waals surface area contributed by atoms with Crippen molar-refractivity contribution in [1.82, 2.24) is 0 Å². The minimum Gasteiger partial charge on any atom is -0.465 e. The Kier molecular flexibility index (Phi) is 15.9. The summed E-state index contributed by atoms with van der Waals surface area (Å²) in [7, 11) is -2.12. The van der Waals surface area contributed by atoms with Gasteiger partial charge in [-0.3, -0.25) is 9.36 Å². The minimum absolute atomic E-state index is 0.202. The Morgan fingerprint density at radius 2 is 1.46 bits per heavy atom. The van der Waals surface area contributed by atoms with Crippen molar-refractivity contribution in [2.75, 3.05) is 19.4 Å². The lowest BCUT2D eigenvalue weighted by Crippen LogP contribution is -2.14. The van der Waals surface area contributed by atoms with E-state index in [0.29, 0.717) is 31.2 Å². The van der Waals surface area contributed by atoms with E-state index >= 15 is 0 Å². The van der Waals surface area contributed by atoms with Gasteiger partial charge in [0.05, 0.1) is 19.6 Å². The lowest BCUT2D eigenvalue weighted by atomic mass is 10.0. The Bertz CT molecular complexity index is 301. The number of ether oxygens (including phenoxy) is 1. The molecule has 0 aliphatic rings. The third-order valence-corrected chi connectivity index (χ3v) is 5.73. The van der Waals surface area contributed by atoms with Gasteiger partial charge in [0, 0.05) is 6.16 Å². The average Bonchev–Trinajstić information content (AvgIpc) is 2.60. The molecule has 3 unspecified atom stereocenters. The highest BCUT2D eigenvalue weighted by Gasteiger charge is 2.13. The molecule has 144 valence electrons. The number of rotatable bonds is 16. The Labute approximate surface area is 149 Å². The van der Waals surface area contributed by atoms with E-state index in [9.17, 15) is 9.36 Å². The molecule has 0 aromatic carbocycles. The predicted molar refractivity (Wildman–Crippen MR) is 102 cm³/mol. The van der Waals surface area contributed by atoms with Crippen molar-refractivity contribution >= 4 is 14.0 Å². The minimum atomic E-state index is -2.12. The molecule has 0 saturated heterocycles. The van der Waals surface area contributed by atoms with Crippen LogP contribution in [0.5, 0.6) is 0 Å². The van der Waals surface area contributed by atoms with Gasteiger partial charge in [-0.2, -0.15) is 0 Å². The molecule has 0 radical (unpaired) electrons. The van der Waals surface area contributed by atoms with Crippen LogP contribution in [0.4, 0.5) is 0 Å². The van der Waals surface area contributed by atoms with Gasteiger partial charge in [0.2, 0.25) is 0 Å². The molecule has 5 heteroatoms. The highest BCUT2D eigenvalue weighted by molar-refractivity contribution is 7.39. The molecule has 0 aliphatic carbocycles. The zero-order valence-corrected chi connectivity index (χ0v) is 17.3. The van der Waals surface area contributed by atoms with Crippen LogP contribution in [0.25, 0.3) is 0 Å². The van der Waals surface area contributed by atoms with E-state index in [1.165, 1.54) is 25.7 Å². The van der Waals surface area contributed by atoms with E-state index in [1.807, 2.05) is 0 Å². The maximum absolute atomic E-state index is 11.9. The normalized spacial score (nSPS) is 15.0. The topological polar surface area (TPSA) is 52.6 Å². The van der Waals surface area contributed by atoms with Crippen molar-refractivity contribution in [1.29, 1.82) is 0 Å². The summed E-state index contributed by atoms with van der Waals surface area (Å²) in [6.45, 7) is 9.66. The van der Waals surface area contributed by atoms with Crippen LogP contribution in [-0.4, -0.2) is 25.3 Å². The van der Waals surface area contributed by atoms with E-state index in [0.717, 1.165) is 25.7 Å². The van der Waals surface area contributed by atoms with Crippen LogP contribution in [-0.2, 0) is 18.6 Å². The quantitative estimate of drug-likeness (QED) is 0.255. The number of hydrogen-bond acceptors (Lipinski definition) is 4. The van der Waals surface area contributed by atoms with Crippen LogP contribution in [0.2, 0.25) is 0 Å². The van der Waals surface area contributed by atoms with Gasteiger partial charge in [-0.05, 0) is 24.7 Å². The third-order valence-electron chi connectivity index (χ3n) is 4.58. The van der Waals surface area contributed by atoms with Crippen molar-refractivity contribution in [3.63, 3.8) is 0 Å². The molecular weight excluding hydrogens is 323 g/mol. The van der Waals surface area contributed by atoms with Crippen molar-refractivity contribution in [3.05, 3.63) is 0 Å². The smallest absolute Gasteiger partial charge is 0.306 e. The molecule has 0 aromatic heterocycles. The van der Waals surface area contributed by atoms with Gasteiger partial charge in [0.25, 0.3) is 0 Å². The molecule has 4 nitrogen and oxygen atoms in total. The van der Waals surface area contributed by atoms with Gasteiger partial charge in [-0.25, -0.2) is 0 Å². The van der Waals surface area contributed by atoms with Crippen molar-refractivity contribution in [3.8, 4) is 0 Å². The first-order valence-electron chi connectivity index (χ1n) is 9.88. The Morgan fingerprint density at radius 1 is 0.917 bits per heavy atom. The van der Waals surface area contributed by atoms with Crippen LogP contribution in [0.15, 0.2) is 0 Å². The molecule has 0 amide bonds. The van der Waals surface area contributed by atoms with E-state index in [2.05, 4.69) is 27.7 Å².